The van der Waals surface area contributed by atoms with Gasteiger partial charge in [0.05, 0.1) is 6.61 Å². The fourth-order valence-corrected chi connectivity index (χ4v) is 3.45. The van der Waals surface area contributed by atoms with Crippen LogP contribution in [0.15, 0.2) is 48.8 Å². The second kappa shape index (κ2) is 9.91. The van der Waals surface area contributed by atoms with Gasteiger partial charge in [-0.1, -0.05) is 6.92 Å². The van der Waals surface area contributed by atoms with Gasteiger partial charge >= 0.3 is 12.1 Å². The second-order valence-corrected chi connectivity index (χ2v) is 6.87. The lowest BCUT2D eigenvalue weighted by molar-refractivity contribution is -0.519. The van der Waals surface area contributed by atoms with Gasteiger partial charge in [-0.05, 0) is 49.7 Å². The van der Waals surface area contributed by atoms with Crippen LogP contribution in [0.2, 0.25) is 0 Å². The number of hydrogen-bond acceptors (Lipinski definition) is 8. The minimum Gasteiger partial charge on any atom is -0.479 e. The molecule has 0 N–H and O–H groups in total. The van der Waals surface area contributed by atoms with E-state index in [1.54, 1.807) is 48.5 Å². The fourth-order valence-electron chi connectivity index (χ4n) is 3.45. The molecular weight excluding hydrogens is 388 g/mol. The van der Waals surface area contributed by atoms with Crippen molar-refractivity contribution in [2.45, 2.75) is 32.5 Å². The molecule has 160 valence electrons. The van der Waals surface area contributed by atoms with Crippen molar-refractivity contribution in [1.82, 2.24) is 4.98 Å². The lowest BCUT2D eigenvalue weighted by atomic mass is 10.2. The van der Waals surface area contributed by atoms with Crippen LogP contribution < -0.4 is 14.5 Å². The third-order valence-corrected chi connectivity index (χ3v) is 4.99. The summed E-state index contributed by atoms with van der Waals surface area (Å²) in [4.78, 5) is 31.2. The van der Waals surface area contributed by atoms with Crippen molar-refractivity contribution in [2.75, 3.05) is 36.0 Å². The summed E-state index contributed by atoms with van der Waals surface area (Å²) in [5.74, 6) is 0.122. The molecule has 1 saturated heterocycles. The zero-order chi connectivity index (χ0) is 21.5. The Kier molecular flexibility index (Phi) is 7.05. The summed E-state index contributed by atoms with van der Waals surface area (Å²) in [6.07, 6.45) is 2.30. The number of piperazine rings is 1. The molecule has 0 saturated carbocycles. The highest BCUT2D eigenvalue weighted by Gasteiger charge is 2.35. The average molecular weight is 414 g/mol. The van der Waals surface area contributed by atoms with Crippen molar-refractivity contribution >= 4 is 17.3 Å². The zero-order valence-electron chi connectivity index (χ0n) is 17.1. The van der Waals surface area contributed by atoms with Crippen LogP contribution in [-0.2, 0) is 9.53 Å². The van der Waals surface area contributed by atoms with E-state index in [0.29, 0.717) is 31.9 Å². The largest absolute Gasteiger partial charge is 0.479 e. The van der Waals surface area contributed by atoms with Crippen molar-refractivity contribution < 1.29 is 19.2 Å². The van der Waals surface area contributed by atoms with Gasteiger partial charge in [0.1, 0.15) is 12.3 Å². The van der Waals surface area contributed by atoms with E-state index in [4.69, 9.17) is 9.47 Å². The van der Waals surface area contributed by atoms with Gasteiger partial charge in [0.15, 0.2) is 6.10 Å². The number of anilines is 2. The minimum atomic E-state index is -0.874. The zero-order valence-corrected chi connectivity index (χ0v) is 17.1. The van der Waals surface area contributed by atoms with Crippen LogP contribution in [0.1, 0.15) is 20.3 Å². The van der Waals surface area contributed by atoms with E-state index in [1.807, 2.05) is 24.0 Å². The van der Waals surface area contributed by atoms with Crippen LogP contribution in [-0.4, -0.2) is 54.4 Å². The van der Waals surface area contributed by atoms with Crippen molar-refractivity contribution in [2.24, 2.45) is 0 Å². The average Bonchev–Trinajstić information content (AvgIpc) is 2.78. The molecule has 1 fully saturated rings. The van der Waals surface area contributed by atoms with Gasteiger partial charge in [-0.25, -0.2) is 4.79 Å². The van der Waals surface area contributed by atoms with Crippen molar-refractivity contribution in [3.8, 4) is 5.75 Å². The number of rotatable bonds is 8. The molecule has 2 unspecified atom stereocenters. The number of aromatic nitrogens is 1. The highest BCUT2D eigenvalue weighted by molar-refractivity contribution is 5.75. The quantitative estimate of drug-likeness (QED) is 0.369. The van der Waals surface area contributed by atoms with E-state index in [-0.39, 0.29) is 11.5 Å². The van der Waals surface area contributed by atoms with Gasteiger partial charge < -0.3 is 19.3 Å². The van der Waals surface area contributed by atoms with E-state index in [9.17, 15) is 14.9 Å². The molecule has 1 aliphatic heterocycles. The predicted octanol–water partition coefficient (Wildman–Crippen LogP) is 2.73. The number of esters is 1. The third kappa shape index (κ3) is 4.97. The Morgan fingerprint density at radius 3 is 2.47 bits per heavy atom. The van der Waals surface area contributed by atoms with Crippen molar-refractivity contribution in [1.29, 1.82) is 0 Å². The Balaban J connectivity index is 1.70. The van der Waals surface area contributed by atoms with Crippen LogP contribution in [0.5, 0.6) is 5.75 Å². The first-order valence-corrected chi connectivity index (χ1v) is 10.0. The molecular formula is C21H26N4O5. The highest BCUT2D eigenvalue weighted by Crippen LogP contribution is 2.26. The molecule has 1 aromatic carbocycles. The number of hydrogen-bond donors (Lipinski definition) is 0. The van der Waals surface area contributed by atoms with Gasteiger partial charge in [-0.3, -0.25) is 15.1 Å². The van der Waals surface area contributed by atoms with E-state index in [0.717, 1.165) is 11.4 Å². The molecule has 0 spiro atoms. The first kappa shape index (κ1) is 21.4. The number of nitrogens with zero attached hydrogens (tertiary/aromatic N) is 4. The van der Waals surface area contributed by atoms with Crippen molar-refractivity contribution in [3.63, 3.8) is 0 Å². The van der Waals surface area contributed by atoms with Crippen LogP contribution in [0.4, 0.5) is 11.4 Å². The number of pyridine rings is 1. The molecule has 2 aromatic rings. The molecule has 0 bridgehead atoms. The third-order valence-electron chi connectivity index (χ3n) is 4.99. The molecule has 30 heavy (non-hydrogen) atoms. The number of nitro groups is 1. The highest BCUT2D eigenvalue weighted by atomic mass is 16.6. The summed E-state index contributed by atoms with van der Waals surface area (Å²) in [6.45, 7) is 5.34. The van der Waals surface area contributed by atoms with Gasteiger partial charge in [0, 0.05) is 41.8 Å². The molecule has 0 radical (unpaired) electrons. The molecule has 0 aliphatic carbocycles. The Labute approximate surface area is 175 Å². The topological polar surface area (TPSA) is 98.0 Å². The van der Waals surface area contributed by atoms with E-state index in [2.05, 4.69) is 4.98 Å². The maximum Gasteiger partial charge on any atom is 0.347 e. The molecule has 1 aromatic heterocycles. The van der Waals surface area contributed by atoms with Crippen molar-refractivity contribution in [3.05, 3.63) is 58.9 Å². The Bertz CT molecular complexity index is 846. The van der Waals surface area contributed by atoms with E-state index >= 15 is 0 Å². The second-order valence-electron chi connectivity index (χ2n) is 6.87. The maximum absolute atomic E-state index is 11.9. The Morgan fingerprint density at radius 2 is 1.87 bits per heavy atom. The monoisotopic (exact) mass is 414 g/mol. The Morgan fingerprint density at radius 1 is 1.17 bits per heavy atom. The summed E-state index contributed by atoms with van der Waals surface area (Å²) in [7, 11) is 0. The summed E-state index contributed by atoms with van der Waals surface area (Å²) in [5, 5.41) is 11.8. The minimum absolute atomic E-state index is 0.258. The fraction of sp³-hybridized carbons (Fsp3) is 0.429. The number of ether oxygens (including phenoxy) is 2. The van der Waals surface area contributed by atoms with Crippen LogP contribution in [0, 0.1) is 10.1 Å². The predicted molar refractivity (Wildman–Crippen MR) is 112 cm³/mol. The van der Waals surface area contributed by atoms with E-state index < -0.39 is 18.2 Å². The summed E-state index contributed by atoms with van der Waals surface area (Å²) < 4.78 is 10.7. The Hall–Kier alpha value is -3.36. The molecule has 9 heteroatoms. The van der Waals surface area contributed by atoms with Crippen LogP contribution >= 0.6 is 0 Å². The molecule has 9 nitrogen and oxygen atoms in total. The lowest BCUT2D eigenvalue weighted by Gasteiger charge is -2.38. The molecule has 2 atom stereocenters. The van der Waals surface area contributed by atoms with E-state index in [1.165, 1.54) is 0 Å². The molecule has 1 aliphatic rings. The molecule has 2 heterocycles. The van der Waals surface area contributed by atoms with Crippen LogP contribution in [0.25, 0.3) is 0 Å². The van der Waals surface area contributed by atoms with Gasteiger partial charge in [0.25, 0.3) is 0 Å². The SMILES string of the molecule is CCOC(=O)C(CC)Oc1ccc(N2CCN(c3ccncc3)CC2[N+](=O)[O-])cc1. The number of carbonyl (C=O) groups excluding carboxylic acids is 1. The maximum atomic E-state index is 11.9. The smallest absolute Gasteiger partial charge is 0.347 e. The van der Waals surface area contributed by atoms with Crippen LogP contribution in [0.3, 0.4) is 0 Å². The van der Waals surface area contributed by atoms with Gasteiger partial charge in [0.2, 0.25) is 0 Å². The standard InChI is InChI=1S/C21H26N4O5/c1-3-19(21(26)29-4-2)30-18-7-5-17(6-8-18)24-14-13-23(15-20(24)25(27)28)16-9-11-22-12-10-16/h5-12,19-20H,3-4,13-15H2,1-2H3. The lowest BCUT2D eigenvalue weighted by Crippen LogP contribution is -2.56. The number of carbonyl (C=O) groups is 1. The van der Waals surface area contributed by atoms with Gasteiger partial charge in [-0.2, -0.15) is 0 Å². The first-order valence-electron chi connectivity index (χ1n) is 10.0. The summed E-state index contributed by atoms with van der Waals surface area (Å²) in [6, 6.07) is 10.7. The first-order chi connectivity index (χ1) is 14.5. The number of benzene rings is 1. The summed E-state index contributed by atoms with van der Waals surface area (Å²) in [5.41, 5.74) is 1.66. The summed E-state index contributed by atoms with van der Waals surface area (Å²) >= 11 is 0. The normalized spacial score (nSPS) is 17.3. The van der Waals surface area contributed by atoms with Gasteiger partial charge in [-0.15, -0.1) is 0 Å². The molecule has 0 amide bonds. The molecule has 3 rings (SSSR count).